The van der Waals surface area contributed by atoms with Crippen molar-refractivity contribution in [3.63, 3.8) is 0 Å². The summed E-state index contributed by atoms with van der Waals surface area (Å²) >= 11 is 0. The van der Waals surface area contributed by atoms with E-state index in [1.54, 1.807) is 20.8 Å². The Hall–Kier alpha value is -2.12. The van der Waals surface area contributed by atoms with Gasteiger partial charge in [0.2, 0.25) is 0 Å². The van der Waals surface area contributed by atoms with E-state index in [1.165, 1.54) is 0 Å². The van der Waals surface area contributed by atoms with Crippen molar-refractivity contribution < 1.29 is 19.2 Å². The third-order valence-electron chi connectivity index (χ3n) is 1.36. The predicted octanol–water partition coefficient (Wildman–Crippen LogP) is 1.25. The average Bonchev–Trinajstić information content (AvgIpc) is 2.14. The lowest BCUT2D eigenvalue weighted by molar-refractivity contribution is -0.417. The highest BCUT2D eigenvalue weighted by Crippen LogP contribution is 2.06. The Morgan fingerprint density at radius 3 is 2.35 bits per heavy atom. The largest absolute Gasteiger partial charge is 0.476 e. The molecule has 0 fully saturated rings. The number of nitro groups is 1. The molecule has 0 heterocycles. The van der Waals surface area contributed by atoms with Crippen LogP contribution in [0.3, 0.4) is 0 Å². The predicted molar refractivity (Wildman–Crippen MR) is 59.2 cm³/mol. The van der Waals surface area contributed by atoms with E-state index in [1.807, 2.05) is 0 Å². The van der Waals surface area contributed by atoms with Crippen molar-refractivity contribution >= 4 is 12.0 Å². The Balaban J connectivity index is 4.62. The molecule has 1 amide bonds. The number of nitrogens with one attached hydrogen (secondary N) is 2. The van der Waals surface area contributed by atoms with Gasteiger partial charge in [0.15, 0.2) is 0 Å². The molecule has 0 bridgehead atoms. The van der Waals surface area contributed by atoms with Gasteiger partial charge in [-0.2, -0.15) is 0 Å². The van der Waals surface area contributed by atoms with Crippen molar-refractivity contribution in [2.75, 3.05) is 7.11 Å². The number of methoxy groups -OCH3 is 1. The zero-order chi connectivity index (χ0) is 13.6. The van der Waals surface area contributed by atoms with Gasteiger partial charge in [0.05, 0.1) is 18.2 Å². The monoisotopic (exact) mass is 245 g/mol. The van der Waals surface area contributed by atoms with Gasteiger partial charge in [-0.05, 0) is 20.8 Å². The summed E-state index contributed by atoms with van der Waals surface area (Å²) < 4.78 is 9.24. The number of carbonyl (C=O) groups is 1. The second kappa shape index (κ2) is 5.83. The van der Waals surface area contributed by atoms with E-state index in [0.29, 0.717) is 0 Å². The summed E-state index contributed by atoms with van der Waals surface area (Å²) in [5.41, 5.74) is -1.38. The summed E-state index contributed by atoms with van der Waals surface area (Å²) in [5.74, 6) is -0.661. The molecular weight excluding hydrogens is 230 g/mol. The number of hydrogen-bond acceptors (Lipinski definition) is 6. The molecule has 0 aromatic heterocycles. The highest BCUT2D eigenvalue weighted by molar-refractivity contribution is 5.88. The van der Waals surface area contributed by atoms with Crippen LogP contribution in [0.1, 0.15) is 20.8 Å². The number of carbonyl (C=O) groups excluding carboxylic acids is 1. The zero-order valence-electron chi connectivity index (χ0n) is 10.1. The van der Waals surface area contributed by atoms with Gasteiger partial charge in [-0.15, -0.1) is 0 Å². The summed E-state index contributed by atoms with van der Waals surface area (Å²) in [6, 6.07) is 0. The minimum Gasteiger partial charge on any atom is -0.476 e. The Labute approximate surface area is 98.2 Å². The third kappa shape index (κ3) is 6.13. The molecule has 0 aliphatic rings. The standard InChI is InChI=1S/C9H15N3O5/c1-9(2,3)17-8(13)11-5-6(12(14)15)7(10)16-4/h5,10H,1-4H3,(H,11,13)/b6-5+,10-7?. The van der Waals surface area contributed by atoms with Crippen LogP contribution in [0, 0.1) is 15.5 Å². The van der Waals surface area contributed by atoms with Gasteiger partial charge in [0.25, 0.3) is 5.90 Å². The van der Waals surface area contributed by atoms with E-state index in [2.05, 4.69) is 10.1 Å². The Bertz CT molecular complexity index is 356. The molecule has 96 valence electrons. The highest BCUT2D eigenvalue weighted by Gasteiger charge is 2.20. The van der Waals surface area contributed by atoms with E-state index in [0.717, 1.165) is 13.3 Å². The van der Waals surface area contributed by atoms with Crippen molar-refractivity contribution in [3.8, 4) is 0 Å². The van der Waals surface area contributed by atoms with Crippen LogP contribution in [0.5, 0.6) is 0 Å². The topological polar surface area (TPSA) is 115 Å². The Morgan fingerprint density at radius 2 is 2.00 bits per heavy atom. The van der Waals surface area contributed by atoms with E-state index >= 15 is 0 Å². The summed E-state index contributed by atoms with van der Waals surface area (Å²) in [6.45, 7) is 4.96. The molecule has 0 aromatic rings. The third-order valence-corrected chi connectivity index (χ3v) is 1.36. The minimum atomic E-state index is -0.847. The first-order valence-electron chi connectivity index (χ1n) is 4.64. The van der Waals surface area contributed by atoms with Crippen LogP contribution in [-0.2, 0) is 9.47 Å². The molecule has 0 unspecified atom stereocenters. The molecule has 0 aromatic carbocycles. The van der Waals surface area contributed by atoms with Crippen LogP contribution >= 0.6 is 0 Å². The van der Waals surface area contributed by atoms with Crippen molar-refractivity contribution in [2.24, 2.45) is 0 Å². The van der Waals surface area contributed by atoms with Crippen molar-refractivity contribution in [3.05, 3.63) is 22.0 Å². The van der Waals surface area contributed by atoms with Crippen molar-refractivity contribution in [2.45, 2.75) is 26.4 Å². The molecule has 0 saturated carbocycles. The van der Waals surface area contributed by atoms with E-state index in [4.69, 9.17) is 10.1 Å². The van der Waals surface area contributed by atoms with Gasteiger partial charge >= 0.3 is 11.8 Å². The maximum atomic E-state index is 11.2. The maximum absolute atomic E-state index is 11.2. The fraction of sp³-hybridized carbons (Fsp3) is 0.556. The van der Waals surface area contributed by atoms with E-state index in [-0.39, 0.29) is 0 Å². The van der Waals surface area contributed by atoms with Crippen LogP contribution < -0.4 is 5.32 Å². The number of hydrogen-bond donors (Lipinski definition) is 2. The second-order valence-corrected chi connectivity index (χ2v) is 3.97. The lowest BCUT2D eigenvalue weighted by atomic mass is 10.2. The number of alkyl carbamates (subject to hydrolysis) is 1. The smallest absolute Gasteiger partial charge is 0.411 e. The number of rotatable bonds is 3. The molecule has 0 aliphatic carbocycles. The van der Waals surface area contributed by atoms with Crippen molar-refractivity contribution in [1.82, 2.24) is 5.32 Å². The normalized spacial score (nSPS) is 11.6. The van der Waals surface area contributed by atoms with Gasteiger partial charge in [-0.3, -0.25) is 20.8 Å². The Kier molecular flexibility index (Phi) is 5.10. The molecular formula is C9H15N3O5. The fourth-order valence-corrected chi connectivity index (χ4v) is 0.741. The van der Waals surface area contributed by atoms with Crippen LogP contribution in [0.15, 0.2) is 11.9 Å². The summed E-state index contributed by atoms with van der Waals surface area (Å²) in [7, 11) is 1.12. The molecule has 0 aliphatic heterocycles. The molecule has 0 spiro atoms. The first kappa shape index (κ1) is 14.9. The first-order chi connectivity index (χ1) is 7.67. The number of nitrogens with zero attached hydrogens (tertiary/aromatic N) is 1. The van der Waals surface area contributed by atoms with E-state index in [9.17, 15) is 14.9 Å². The average molecular weight is 245 g/mol. The summed E-state index contributed by atoms with van der Waals surface area (Å²) in [4.78, 5) is 20.9. The maximum Gasteiger partial charge on any atom is 0.411 e. The van der Waals surface area contributed by atoms with Gasteiger partial charge in [-0.25, -0.2) is 4.79 Å². The van der Waals surface area contributed by atoms with Crippen LogP contribution in [0.25, 0.3) is 0 Å². The Morgan fingerprint density at radius 1 is 1.47 bits per heavy atom. The number of ether oxygens (including phenoxy) is 2. The quantitative estimate of drug-likeness (QED) is 0.336. The summed E-state index contributed by atoms with van der Waals surface area (Å²) in [5, 5.41) is 19.7. The van der Waals surface area contributed by atoms with Crippen LogP contribution in [0.4, 0.5) is 4.79 Å². The van der Waals surface area contributed by atoms with Gasteiger partial charge in [0, 0.05) is 0 Å². The lowest BCUT2D eigenvalue weighted by Crippen LogP contribution is -2.30. The molecule has 17 heavy (non-hydrogen) atoms. The highest BCUT2D eigenvalue weighted by atomic mass is 16.6. The summed E-state index contributed by atoms with van der Waals surface area (Å²) in [6.07, 6.45) is -0.0966. The molecule has 0 saturated heterocycles. The SMILES string of the molecule is COC(=N)/C(=C\NC(=O)OC(C)(C)C)[N+](=O)[O-]. The molecule has 8 heteroatoms. The number of amides is 1. The van der Waals surface area contributed by atoms with Gasteiger partial charge < -0.3 is 9.47 Å². The van der Waals surface area contributed by atoms with E-state index < -0.39 is 28.2 Å². The van der Waals surface area contributed by atoms with Crippen LogP contribution in [0.2, 0.25) is 0 Å². The fourth-order valence-electron chi connectivity index (χ4n) is 0.741. The van der Waals surface area contributed by atoms with Crippen molar-refractivity contribution in [1.29, 1.82) is 5.41 Å². The minimum absolute atomic E-state index is 0.661. The molecule has 2 N–H and O–H groups in total. The van der Waals surface area contributed by atoms with Gasteiger partial charge in [0.1, 0.15) is 5.60 Å². The molecule has 0 rings (SSSR count). The molecule has 0 radical (unpaired) electrons. The first-order valence-corrected chi connectivity index (χ1v) is 4.64. The zero-order valence-corrected chi connectivity index (χ0v) is 10.1. The van der Waals surface area contributed by atoms with Gasteiger partial charge in [-0.1, -0.05) is 0 Å². The molecule has 8 nitrogen and oxygen atoms in total. The second-order valence-electron chi connectivity index (χ2n) is 3.97. The lowest BCUT2D eigenvalue weighted by Gasteiger charge is -2.18. The van der Waals surface area contributed by atoms with Crippen LogP contribution in [-0.4, -0.2) is 29.6 Å². The molecule has 0 atom stereocenters.